The normalized spacial score (nSPS) is 32.4. The van der Waals surface area contributed by atoms with Crippen molar-refractivity contribution in [1.82, 2.24) is 9.80 Å². The third-order valence-electron chi connectivity index (χ3n) is 5.17. The van der Waals surface area contributed by atoms with E-state index in [1.807, 2.05) is 0 Å². The standard InChI is InChI=1S/C16H32N2O/c1-3-16(13-19)18-9-7-17(8-10-18)12-15-6-4-5-14(2)11-15/h14-16,19H,3-13H2,1-2H3. The Balaban J connectivity index is 1.71. The first kappa shape index (κ1) is 15.3. The van der Waals surface area contributed by atoms with Crippen LogP contribution in [0.2, 0.25) is 0 Å². The van der Waals surface area contributed by atoms with E-state index in [1.165, 1.54) is 45.3 Å². The molecule has 3 unspecified atom stereocenters. The first-order valence-electron chi connectivity index (χ1n) is 8.30. The summed E-state index contributed by atoms with van der Waals surface area (Å²) in [5.41, 5.74) is 0. The molecule has 2 fully saturated rings. The van der Waals surface area contributed by atoms with Crippen molar-refractivity contribution in [2.24, 2.45) is 11.8 Å². The maximum Gasteiger partial charge on any atom is 0.0586 e. The Hall–Kier alpha value is -0.120. The van der Waals surface area contributed by atoms with Gasteiger partial charge < -0.3 is 10.0 Å². The second-order valence-electron chi connectivity index (χ2n) is 6.72. The Morgan fingerprint density at radius 1 is 1.16 bits per heavy atom. The molecular formula is C16H32N2O. The topological polar surface area (TPSA) is 26.7 Å². The Bertz CT molecular complexity index is 247. The highest BCUT2D eigenvalue weighted by atomic mass is 16.3. The predicted molar refractivity (Wildman–Crippen MR) is 80.3 cm³/mol. The van der Waals surface area contributed by atoms with E-state index in [4.69, 9.17) is 0 Å². The molecule has 0 bridgehead atoms. The number of rotatable bonds is 5. The Morgan fingerprint density at radius 2 is 1.89 bits per heavy atom. The molecule has 2 aliphatic rings. The summed E-state index contributed by atoms with van der Waals surface area (Å²) in [6.07, 6.45) is 6.83. The summed E-state index contributed by atoms with van der Waals surface area (Å²) in [5, 5.41) is 9.38. The van der Waals surface area contributed by atoms with Crippen molar-refractivity contribution in [3.8, 4) is 0 Å². The van der Waals surface area contributed by atoms with Crippen LogP contribution in [0.1, 0.15) is 46.0 Å². The minimum Gasteiger partial charge on any atom is -0.395 e. The summed E-state index contributed by atoms with van der Waals surface area (Å²) in [4.78, 5) is 5.13. The van der Waals surface area contributed by atoms with Crippen LogP contribution < -0.4 is 0 Å². The van der Waals surface area contributed by atoms with E-state index >= 15 is 0 Å². The van der Waals surface area contributed by atoms with Crippen molar-refractivity contribution in [3.05, 3.63) is 0 Å². The Kier molecular flexibility index (Phi) is 6.11. The number of hydrogen-bond donors (Lipinski definition) is 1. The van der Waals surface area contributed by atoms with Crippen molar-refractivity contribution < 1.29 is 5.11 Å². The van der Waals surface area contributed by atoms with Gasteiger partial charge in [0.15, 0.2) is 0 Å². The van der Waals surface area contributed by atoms with Gasteiger partial charge in [-0.1, -0.05) is 26.7 Å². The zero-order valence-corrected chi connectivity index (χ0v) is 12.9. The van der Waals surface area contributed by atoms with E-state index in [0.717, 1.165) is 31.3 Å². The largest absolute Gasteiger partial charge is 0.395 e. The van der Waals surface area contributed by atoms with Crippen molar-refractivity contribution in [2.75, 3.05) is 39.3 Å². The van der Waals surface area contributed by atoms with Gasteiger partial charge in [-0.05, 0) is 31.1 Å². The molecule has 0 amide bonds. The summed E-state index contributed by atoms with van der Waals surface area (Å²) in [6, 6.07) is 0.386. The maximum absolute atomic E-state index is 9.38. The summed E-state index contributed by atoms with van der Waals surface area (Å²) < 4.78 is 0. The molecule has 3 heteroatoms. The second kappa shape index (κ2) is 7.61. The van der Waals surface area contributed by atoms with Crippen LogP contribution in [0.3, 0.4) is 0 Å². The summed E-state index contributed by atoms with van der Waals surface area (Å²) >= 11 is 0. The zero-order chi connectivity index (χ0) is 13.7. The molecule has 0 aromatic rings. The van der Waals surface area contributed by atoms with Crippen molar-refractivity contribution >= 4 is 0 Å². The number of piperazine rings is 1. The lowest BCUT2D eigenvalue weighted by atomic mass is 9.82. The van der Waals surface area contributed by atoms with Crippen molar-refractivity contribution in [2.45, 2.75) is 52.0 Å². The highest BCUT2D eigenvalue weighted by Gasteiger charge is 2.25. The SMILES string of the molecule is CCC(CO)N1CCN(CC2CCCC(C)C2)CC1. The minimum absolute atomic E-state index is 0.316. The summed E-state index contributed by atoms with van der Waals surface area (Å²) in [6.45, 7) is 10.9. The smallest absolute Gasteiger partial charge is 0.0586 e. The maximum atomic E-state index is 9.38. The molecule has 19 heavy (non-hydrogen) atoms. The van der Waals surface area contributed by atoms with E-state index in [1.54, 1.807) is 0 Å². The van der Waals surface area contributed by atoms with Crippen LogP contribution in [0.5, 0.6) is 0 Å². The Labute approximate surface area is 119 Å². The fourth-order valence-electron chi connectivity index (χ4n) is 3.90. The lowest BCUT2D eigenvalue weighted by Gasteiger charge is -2.40. The monoisotopic (exact) mass is 268 g/mol. The van der Waals surface area contributed by atoms with Gasteiger partial charge in [0.2, 0.25) is 0 Å². The second-order valence-corrected chi connectivity index (χ2v) is 6.72. The fraction of sp³-hybridized carbons (Fsp3) is 1.00. The highest BCUT2D eigenvalue weighted by Crippen LogP contribution is 2.29. The average molecular weight is 268 g/mol. The molecule has 2 rings (SSSR count). The molecule has 0 spiro atoms. The van der Waals surface area contributed by atoms with Crippen LogP contribution in [-0.2, 0) is 0 Å². The molecule has 1 saturated heterocycles. The Morgan fingerprint density at radius 3 is 2.47 bits per heavy atom. The first-order chi connectivity index (χ1) is 9.22. The molecule has 112 valence electrons. The number of nitrogens with zero attached hydrogens (tertiary/aromatic N) is 2. The predicted octanol–water partition coefficient (Wildman–Crippen LogP) is 2.20. The van der Waals surface area contributed by atoms with Gasteiger partial charge in [0.1, 0.15) is 0 Å². The molecule has 1 aliphatic heterocycles. The van der Waals surface area contributed by atoms with E-state index in [9.17, 15) is 5.11 Å². The van der Waals surface area contributed by atoms with Crippen LogP contribution in [0, 0.1) is 11.8 Å². The summed E-state index contributed by atoms with van der Waals surface area (Å²) in [7, 11) is 0. The van der Waals surface area contributed by atoms with Gasteiger partial charge >= 0.3 is 0 Å². The van der Waals surface area contributed by atoms with Crippen molar-refractivity contribution in [3.63, 3.8) is 0 Å². The molecule has 1 N–H and O–H groups in total. The van der Waals surface area contributed by atoms with Crippen LogP contribution in [0.15, 0.2) is 0 Å². The zero-order valence-electron chi connectivity index (χ0n) is 12.9. The molecule has 0 aromatic heterocycles. The van der Waals surface area contributed by atoms with Crippen molar-refractivity contribution in [1.29, 1.82) is 0 Å². The van der Waals surface area contributed by atoms with E-state index < -0.39 is 0 Å². The van der Waals surface area contributed by atoms with E-state index in [0.29, 0.717) is 12.6 Å². The first-order valence-corrected chi connectivity index (χ1v) is 8.30. The van der Waals surface area contributed by atoms with Crippen LogP contribution in [-0.4, -0.2) is 60.3 Å². The van der Waals surface area contributed by atoms with E-state index in [-0.39, 0.29) is 0 Å². The molecular weight excluding hydrogens is 236 g/mol. The molecule has 1 saturated carbocycles. The lowest BCUT2D eigenvalue weighted by molar-refractivity contribution is 0.0527. The van der Waals surface area contributed by atoms with Gasteiger partial charge in [-0.3, -0.25) is 4.90 Å². The van der Waals surface area contributed by atoms with Crippen LogP contribution in [0.25, 0.3) is 0 Å². The number of aliphatic hydroxyl groups is 1. The average Bonchev–Trinajstić information content (AvgIpc) is 2.42. The number of hydrogen-bond acceptors (Lipinski definition) is 3. The summed E-state index contributed by atoms with van der Waals surface area (Å²) in [5.74, 6) is 1.88. The van der Waals surface area contributed by atoms with Gasteiger partial charge in [-0.15, -0.1) is 0 Å². The highest BCUT2D eigenvalue weighted by molar-refractivity contribution is 4.80. The van der Waals surface area contributed by atoms with E-state index in [2.05, 4.69) is 23.6 Å². The molecule has 0 aromatic carbocycles. The van der Waals surface area contributed by atoms with Gasteiger partial charge in [0.25, 0.3) is 0 Å². The molecule has 3 atom stereocenters. The third-order valence-corrected chi connectivity index (χ3v) is 5.17. The lowest BCUT2D eigenvalue weighted by Crippen LogP contribution is -2.52. The van der Waals surface area contributed by atoms with Gasteiger partial charge in [0, 0.05) is 38.8 Å². The van der Waals surface area contributed by atoms with Crippen LogP contribution in [0.4, 0.5) is 0 Å². The molecule has 3 nitrogen and oxygen atoms in total. The van der Waals surface area contributed by atoms with Crippen LogP contribution >= 0.6 is 0 Å². The van der Waals surface area contributed by atoms with Gasteiger partial charge in [-0.2, -0.15) is 0 Å². The van der Waals surface area contributed by atoms with Gasteiger partial charge in [-0.25, -0.2) is 0 Å². The van der Waals surface area contributed by atoms with Gasteiger partial charge in [0.05, 0.1) is 6.61 Å². The molecule has 1 aliphatic carbocycles. The minimum atomic E-state index is 0.316. The molecule has 1 heterocycles. The quantitative estimate of drug-likeness (QED) is 0.828. The molecule has 0 radical (unpaired) electrons. The third kappa shape index (κ3) is 4.44. The fourth-order valence-corrected chi connectivity index (χ4v) is 3.90. The number of aliphatic hydroxyl groups excluding tert-OH is 1.